The monoisotopic (exact) mass is 441 g/mol. The van der Waals surface area contributed by atoms with Gasteiger partial charge >= 0.3 is 0 Å². The van der Waals surface area contributed by atoms with Crippen LogP contribution in [0, 0.1) is 0 Å². The van der Waals surface area contributed by atoms with E-state index in [1.165, 1.54) is 0 Å². The molecule has 6 rings (SSSR count). The molecular formula is C24H23N7O2. The van der Waals surface area contributed by atoms with E-state index >= 15 is 0 Å². The number of benzene rings is 1. The van der Waals surface area contributed by atoms with Crippen LogP contribution in [0.5, 0.6) is 0 Å². The number of amides is 2. The van der Waals surface area contributed by atoms with Gasteiger partial charge in [0.1, 0.15) is 12.2 Å². The van der Waals surface area contributed by atoms with Crippen LogP contribution in [0.4, 0.5) is 11.5 Å². The largest absolute Gasteiger partial charge is 0.348 e. The van der Waals surface area contributed by atoms with Gasteiger partial charge in [-0.25, -0.2) is 4.98 Å². The van der Waals surface area contributed by atoms with Gasteiger partial charge < -0.3 is 20.1 Å². The lowest BCUT2D eigenvalue weighted by atomic mass is 9.94. The lowest BCUT2D eigenvalue weighted by molar-refractivity contribution is -0.130. The van der Waals surface area contributed by atoms with E-state index in [0.29, 0.717) is 30.2 Å². The number of aryl methyl sites for hydroxylation is 1. The Morgan fingerprint density at radius 1 is 1.09 bits per heavy atom. The van der Waals surface area contributed by atoms with Crippen LogP contribution in [0.1, 0.15) is 21.6 Å². The van der Waals surface area contributed by atoms with E-state index < -0.39 is 0 Å². The summed E-state index contributed by atoms with van der Waals surface area (Å²) in [4.78, 5) is 31.2. The lowest BCUT2D eigenvalue weighted by Crippen LogP contribution is -2.29. The first-order valence-electron chi connectivity index (χ1n) is 10.9. The van der Waals surface area contributed by atoms with Crippen molar-refractivity contribution in [3.05, 3.63) is 59.5 Å². The van der Waals surface area contributed by atoms with E-state index in [2.05, 4.69) is 26.8 Å². The van der Waals surface area contributed by atoms with Gasteiger partial charge in [0.25, 0.3) is 5.91 Å². The predicted octanol–water partition coefficient (Wildman–Crippen LogP) is 2.44. The third-order valence-corrected chi connectivity index (χ3v) is 6.56. The van der Waals surface area contributed by atoms with Gasteiger partial charge in [-0.3, -0.25) is 14.3 Å². The van der Waals surface area contributed by atoms with Crippen LogP contribution >= 0.6 is 0 Å². The number of nitrogens with zero attached hydrogens (tertiary/aromatic N) is 5. The zero-order valence-electron chi connectivity index (χ0n) is 18.4. The van der Waals surface area contributed by atoms with E-state index in [0.717, 1.165) is 39.8 Å². The molecule has 0 saturated heterocycles. The molecule has 2 aliphatic heterocycles. The number of carbonyl (C=O) groups excluding carboxylic acids is 2. The highest BCUT2D eigenvalue weighted by Gasteiger charge is 2.27. The molecule has 9 nitrogen and oxygen atoms in total. The van der Waals surface area contributed by atoms with Crippen LogP contribution in [0.2, 0.25) is 0 Å². The van der Waals surface area contributed by atoms with E-state index in [9.17, 15) is 9.59 Å². The second-order valence-electron chi connectivity index (χ2n) is 8.59. The Labute approximate surface area is 190 Å². The van der Waals surface area contributed by atoms with Crippen LogP contribution in [0.3, 0.4) is 0 Å². The molecule has 2 aliphatic rings. The van der Waals surface area contributed by atoms with Crippen LogP contribution < -0.4 is 10.6 Å². The average Bonchev–Trinajstić information content (AvgIpc) is 3.48. The standard InChI is InChI=1S/C24H23N7O2/c1-29-9-6-14-11-20(28-31(14)13-21(29)32)27-19-4-3-15(18-12-26-24(33)22(18)19)16-5-8-25-23-17(16)7-10-30(23)2/h3-5,7-8,10-11H,6,9,12-13H2,1-2H3,(H,26,33)(H,27,28). The van der Waals surface area contributed by atoms with Gasteiger partial charge in [-0.1, -0.05) is 6.07 Å². The van der Waals surface area contributed by atoms with Gasteiger partial charge in [0, 0.05) is 63.1 Å². The van der Waals surface area contributed by atoms with E-state index in [4.69, 9.17) is 0 Å². The second kappa shape index (κ2) is 7.19. The van der Waals surface area contributed by atoms with Crippen molar-refractivity contribution in [2.45, 2.75) is 19.5 Å². The van der Waals surface area contributed by atoms with Crippen molar-refractivity contribution >= 4 is 34.4 Å². The van der Waals surface area contributed by atoms with Crippen molar-refractivity contribution in [3.63, 3.8) is 0 Å². The first kappa shape index (κ1) is 19.5. The minimum absolute atomic E-state index is 0.0394. The van der Waals surface area contributed by atoms with Crippen LogP contribution in [0.15, 0.2) is 42.7 Å². The molecule has 2 N–H and O–H groups in total. The zero-order chi connectivity index (χ0) is 22.7. The molecule has 0 fully saturated rings. The zero-order valence-corrected chi connectivity index (χ0v) is 18.4. The van der Waals surface area contributed by atoms with Gasteiger partial charge in [0.15, 0.2) is 5.82 Å². The Bertz CT molecular complexity index is 1450. The molecule has 0 radical (unpaired) electrons. The smallest absolute Gasteiger partial charge is 0.254 e. The Morgan fingerprint density at radius 2 is 1.97 bits per heavy atom. The summed E-state index contributed by atoms with van der Waals surface area (Å²) < 4.78 is 3.73. The van der Waals surface area contributed by atoms with Crippen molar-refractivity contribution in [2.24, 2.45) is 7.05 Å². The summed E-state index contributed by atoms with van der Waals surface area (Å²) in [6.45, 7) is 1.35. The predicted molar refractivity (Wildman–Crippen MR) is 124 cm³/mol. The molecule has 0 bridgehead atoms. The maximum Gasteiger partial charge on any atom is 0.254 e. The van der Waals surface area contributed by atoms with Crippen molar-refractivity contribution in [2.75, 3.05) is 18.9 Å². The average molecular weight is 441 g/mol. The molecule has 4 aromatic rings. The fraction of sp³-hybridized carbons (Fsp3) is 0.250. The highest BCUT2D eigenvalue weighted by atomic mass is 16.2. The first-order valence-corrected chi connectivity index (χ1v) is 10.9. The minimum Gasteiger partial charge on any atom is -0.348 e. The number of fused-ring (bicyclic) bond motifs is 3. The van der Waals surface area contributed by atoms with Crippen LogP contribution in [-0.2, 0) is 31.4 Å². The molecule has 0 spiro atoms. The maximum atomic E-state index is 12.8. The summed E-state index contributed by atoms with van der Waals surface area (Å²) in [5.74, 6) is 0.564. The number of pyridine rings is 1. The number of likely N-dealkylation sites (N-methyl/N-ethyl adjacent to an activating group) is 1. The highest BCUT2D eigenvalue weighted by molar-refractivity contribution is 6.07. The summed E-state index contributed by atoms with van der Waals surface area (Å²) in [7, 11) is 3.78. The highest BCUT2D eigenvalue weighted by Crippen LogP contribution is 2.37. The Balaban J connectivity index is 1.40. The number of aromatic nitrogens is 4. The Hall–Kier alpha value is -4.14. The number of carbonyl (C=O) groups is 2. The van der Waals surface area contributed by atoms with Crippen molar-refractivity contribution < 1.29 is 9.59 Å². The molecule has 5 heterocycles. The summed E-state index contributed by atoms with van der Waals surface area (Å²) in [6, 6.07) is 9.97. The molecule has 166 valence electrons. The second-order valence-corrected chi connectivity index (χ2v) is 8.59. The molecule has 3 aromatic heterocycles. The fourth-order valence-electron chi connectivity index (χ4n) is 4.75. The third-order valence-electron chi connectivity index (χ3n) is 6.56. The normalized spacial score (nSPS) is 15.4. The van der Waals surface area contributed by atoms with Gasteiger partial charge in [0.2, 0.25) is 5.91 Å². The summed E-state index contributed by atoms with van der Waals surface area (Å²) in [6.07, 6.45) is 4.53. The number of nitrogens with one attached hydrogen (secondary N) is 2. The lowest BCUT2D eigenvalue weighted by Gasteiger charge is -2.14. The van der Waals surface area contributed by atoms with E-state index in [-0.39, 0.29) is 18.4 Å². The molecule has 0 atom stereocenters. The fourth-order valence-corrected chi connectivity index (χ4v) is 4.75. The van der Waals surface area contributed by atoms with Gasteiger partial charge in [-0.15, -0.1) is 0 Å². The number of anilines is 2. The van der Waals surface area contributed by atoms with E-state index in [1.54, 1.807) is 15.8 Å². The van der Waals surface area contributed by atoms with Crippen molar-refractivity contribution in [1.82, 2.24) is 29.5 Å². The molecule has 9 heteroatoms. The molecule has 33 heavy (non-hydrogen) atoms. The first-order chi connectivity index (χ1) is 16.0. The van der Waals surface area contributed by atoms with E-state index in [1.807, 2.05) is 49.1 Å². The summed E-state index contributed by atoms with van der Waals surface area (Å²) in [5, 5.41) is 11.9. The van der Waals surface area contributed by atoms with Gasteiger partial charge in [-0.05, 0) is 34.9 Å². The van der Waals surface area contributed by atoms with Gasteiger partial charge in [-0.2, -0.15) is 5.10 Å². The molecule has 1 aromatic carbocycles. The van der Waals surface area contributed by atoms with Crippen LogP contribution in [0.25, 0.3) is 22.2 Å². The third kappa shape index (κ3) is 3.07. The quantitative estimate of drug-likeness (QED) is 0.509. The SMILES string of the molecule is CN1CCc2cc(Nc3ccc(-c4ccnc5c4ccn5C)c4c3C(=O)NC4)nn2CC1=O. The number of rotatable bonds is 3. The van der Waals surface area contributed by atoms with Crippen molar-refractivity contribution in [1.29, 1.82) is 0 Å². The molecule has 0 aliphatic carbocycles. The maximum absolute atomic E-state index is 12.8. The molecule has 0 saturated carbocycles. The molecule has 2 amide bonds. The summed E-state index contributed by atoms with van der Waals surface area (Å²) >= 11 is 0. The molecular weight excluding hydrogens is 418 g/mol. The number of hydrogen-bond donors (Lipinski definition) is 2. The Morgan fingerprint density at radius 3 is 2.85 bits per heavy atom. The van der Waals surface area contributed by atoms with Gasteiger partial charge in [0.05, 0.1) is 11.3 Å². The minimum atomic E-state index is -0.106. The summed E-state index contributed by atoms with van der Waals surface area (Å²) in [5.41, 5.74) is 6.26. The topological polar surface area (TPSA) is 97.1 Å². The Kier molecular flexibility index (Phi) is 4.26. The number of hydrogen-bond acceptors (Lipinski definition) is 5. The van der Waals surface area contributed by atoms with Crippen LogP contribution in [-0.4, -0.2) is 49.6 Å². The molecule has 0 unspecified atom stereocenters. The van der Waals surface area contributed by atoms with Crippen molar-refractivity contribution in [3.8, 4) is 11.1 Å².